The molecule has 1 unspecified atom stereocenters. The third kappa shape index (κ3) is 4.24. The minimum absolute atomic E-state index is 0.00236. The van der Waals surface area contributed by atoms with Crippen LogP contribution >= 0.6 is 0 Å². The van der Waals surface area contributed by atoms with E-state index in [1.54, 1.807) is 4.90 Å². The molecule has 0 bridgehead atoms. The zero-order chi connectivity index (χ0) is 17.0. The Morgan fingerprint density at radius 3 is 2.70 bits per heavy atom. The lowest BCUT2D eigenvalue weighted by Gasteiger charge is -2.31. The van der Waals surface area contributed by atoms with Crippen LogP contribution in [0.1, 0.15) is 29.5 Å². The molecule has 1 heterocycles. The molecule has 5 nitrogen and oxygen atoms in total. The highest BCUT2D eigenvalue weighted by molar-refractivity contribution is 5.79. The van der Waals surface area contributed by atoms with E-state index in [0.717, 1.165) is 35.3 Å². The Labute approximate surface area is 137 Å². The number of carbonyl (C=O) groups is 2. The second-order valence-electron chi connectivity index (χ2n) is 6.20. The lowest BCUT2D eigenvalue weighted by atomic mass is 9.98. The Morgan fingerprint density at radius 2 is 2.00 bits per heavy atom. The second kappa shape index (κ2) is 7.49. The molecule has 1 aromatic carbocycles. The summed E-state index contributed by atoms with van der Waals surface area (Å²) in [5.74, 6) is 0.198. The lowest BCUT2D eigenvalue weighted by molar-refractivity contribution is -0.149. The number of methoxy groups -OCH3 is 1. The fourth-order valence-corrected chi connectivity index (χ4v) is 2.94. The van der Waals surface area contributed by atoms with E-state index in [4.69, 9.17) is 9.47 Å². The largest absolute Gasteiger partial charge is 0.483 e. The maximum Gasteiger partial charge on any atom is 0.310 e. The van der Waals surface area contributed by atoms with Gasteiger partial charge in [-0.25, -0.2) is 0 Å². The Balaban J connectivity index is 1.96. The van der Waals surface area contributed by atoms with Gasteiger partial charge < -0.3 is 14.4 Å². The first-order chi connectivity index (χ1) is 10.9. The van der Waals surface area contributed by atoms with Crippen molar-refractivity contribution in [2.75, 3.05) is 26.8 Å². The van der Waals surface area contributed by atoms with Gasteiger partial charge in [0.2, 0.25) is 0 Å². The van der Waals surface area contributed by atoms with Crippen molar-refractivity contribution >= 4 is 11.9 Å². The van der Waals surface area contributed by atoms with Gasteiger partial charge >= 0.3 is 5.97 Å². The van der Waals surface area contributed by atoms with Crippen LogP contribution in [0.15, 0.2) is 12.1 Å². The van der Waals surface area contributed by atoms with Crippen LogP contribution in [0, 0.1) is 26.7 Å². The monoisotopic (exact) mass is 319 g/mol. The summed E-state index contributed by atoms with van der Waals surface area (Å²) in [5, 5.41) is 0. The Morgan fingerprint density at radius 1 is 1.26 bits per heavy atom. The third-order valence-electron chi connectivity index (χ3n) is 4.42. The summed E-state index contributed by atoms with van der Waals surface area (Å²) in [6.07, 6.45) is 1.58. The number of hydrogen-bond acceptors (Lipinski definition) is 4. The summed E-state index contributed by atoms with van der Waals surface area (Å²) in [6, 6.07) is 4.04. The van der Waals surface area contributed by atoms with Crippen LogP contribution in [-0.4, -0.2) is 43.6 Å². The highest BCUT2D eigenvalue weighted by atomic mass is 16.5. The number of piperidine rings is 1. The molecular weight excluding hydrogens is 294 g/mol. The topological polar surface area (TPSA) is 55.8 Å². The van der Waals surface area contributed by atoms with E-state index in [2.05, 4.69) is 6.07 Å². The number of nitrogens with zero attached hydrogens (tertiary/aromatic N) is 1. The molecule has 0 aromatic heterocycles. The number of carbonyl (C=O) groups excluding carboxylic acids is 2. The summed E-state index contributed by atoms with van der Waals surface area (Å²) in [7, 11) is 1.38. The third-order valence-corrected chi connectivity index (χ3v) is 4.42. The van der Waals surface area contributed by atoms with E-state index in [-0.39, 0.29) is 24.4 Å². The summed E-state index contributed by atoms with van der Waals surface area (Å²) in [5.41, 5.74) is 3.31. The van der Waals surface area contributed by atoms with Gasteiger partial charge in [-0.2, -0.15) is 0 Å². The SMILES string of the molecule is COC(=O)C1CCCN(C(=O)COc2cc(C)cc(C)c2C)C1. The van der Waals surface area contributed by atoms with Crippen molar-refractivity contribution in [1.82, 2.24) is 4.90 Å². The fraction of sp³-hybridized carbons (Fsp3) is 0.556. The van der Waals surface area contributed by atoms with Gasteiger partial charge in [-0.15, -0.1) is 0 Å². The van der Waals surface area contributed by atoms with Crippen LogP contribution in [0.4, 0.5) is 0 Å². The van der Waals surface area contributed by atoms with Gasteiger partial charge in [0.25, 0.3) is 5.91 Å². The van der Waals surface area contributed by atoms with Crippen LogP contribution in [0.5, 0.6) is 5.75 Å². The van der Waals surface area contributed by atoms with E-state index in [9.17, 15) is 9.59 Å². The van der Waals surface area contributed by atoms with E-state index in [0.29, 0.717) is 13.1 Å². The highest BCUT2D eigenvalue weighted by Crippen LogP contribution is 2.24. The predicted molar refractivity (Wildman–Crippen MR) is 87.5 cm³/mol. The standard InChI is InChI=1S/C18H25NO4/c1-12-8-13(2)14(3)16(9-12)23-11-17(20)19-7-5-6-15(10-19)18(21)22-4/h8-9,15H,5-7,10-11H2,1-4H3. The summed E-state index contributed by atoms with van der Waals surface area (Å²) < 4.78 is 10.5. The van der Waals surface area contributed by atoms with Crippen LogP contribution in [0.25, 0.3) is 0 Å². The smallest absolute Gasteiger partial charge is 0.310 e. The van der Waals surface area contributed by atoms with Gasteiger partial charge in [-0.3, -0.25) is 9.59 Å². The molecule has 1 aromatic rings. The number of aryl methyl sites for hydroxylation is 2. The molecule has 23 heavy (non-hydrogen) atoms. The number of hydrogen-bond donors (Lipinski definition) is 0. The molecule has 5 heteroatoms. The maximum atomic E-state index is 12.4. The van der Waals surface area contributed by atoms with Crippen molar-refractivity contribution < 1.29 is 19.1 Å². The average Bonchev–Trinajstić information content (AvgIpc) is 2.55. The van der Waals surface area contributed by atoms with Gasteiger partial charge in [-0.05, 0) is 56.4 Å². The normalized spacial score (nSPS) is 17.7. The molecule has 0 saturated carbocycles. The first kappa shape index (κ1) is 17.3. The van der Waals surface area contributed by atoms with E-state index in [1.807, 2.05) is 26.8 Å². The van der Waals surface area contributed by atoms with Crippen LogP contribution in [0.2, 0.25) is 0 Å². The molecule has 2 rings (SSSR count). The Bertz CT molecular complexity index is 597. The van der Waals surface area contributed by atoms with Gasteiger partial charge in [0, 0.05) is 13.1 Å². The molecule has 0 radical (unpaired) electrons. The van der Waals surface area contributed by atoms with Crippen molar-refractivity contribution in [3.63, 3.8) is 0 Å². The van der Waals surface area contributed by atoms with Gasteiger partial charge in [0.05, 0.1) is 13.0 Å². The van der Waals surface area contributed by atoms with Crippen LogP contribution < -0.4 is 4.74 Å². The molecule has 0 spiro atoms. The zero-order valence-corrected chi connectivity index (χ0v) is 14.3. The predicted octanol–water partition coefficient (Wildman–Crippen LogP) is 2.40. The number of esters is 1. The maximum absolute atomic E-state index is 12.4. The number of amides is 1. The molecule has 1 amide bonds. The molecule has 1 aliphatic rings. The summed E-state index contributed by atoms with van der Waals surface area (Å²) in [4.78, 5) is 25.7. The van der Waals surface area contributed by atoms with Gasteiger partial charge in [0.1, 0.15) is 5.75 Å². The molecule has 1 saturated heterocycles. The van der Waals surface area contributed by atoms with Crippen molar-refractivity contribution in [2.45, 2.75) is 33.6 Å². The molecular formula is C18H25NO4. The van der Waals surface area contributed by atoms with Crippen LogP contribution in [0.3, 0.4) is 0 Å². The highest BCUT2D eigenvalue weighted by Gasteiger charge is 2.29. The molecule has 126 valence electrons. The molecule has 1 aliphatic heterocycles. The number of likely N-dealkylation sites (tertiary alicyclic amines) is 1. The first-order valence-corrected chi connectivity index (χ1v) is 7.98. The molecule has 1 atom stereocenters. The van der Waals surface area contributed by atoms with Crippen molar-refractivity contribution in [3.05, 3.63) is 28.8 Å². The Kier molecular flexibility index (Phi) is 5.64. The summed E-state index contributed by atoms with van der Waals surface area (Å²) in [6.45, 7) is 7.11. The Hall–Kier alpha value is -2.04. The van der Waals surface area contributed by atoms with Crippen LogP contribution in [-0.2, 0) is 14.3 Å². The number of rotatable bonds is 4. The quantitative estimate of drug-likeness (QED) is 0.800. The second-order valence-corrected chi connectivity index (χ2v) is 6.20. The minimum Gasteiger partial charge on any atom is -0.483 e. The number of benzene rings is 1. The molecule has 0 N–H and O–H groups in total. The van der Waals surface area contributed by atoms with E-state index in [1.165, 1.54) is 7.11 Å². The van der Waals surface area contributed by atoms with E-state index < -0.39 is 0 Å². The molecule has 0 aliphatic carbocycles. The minimum atomic E-state index is -0.242. The first-order valence-electron chi connectivity index (χ1n) is 7.98. The van der Waals surface area contributed by atoms with Gasteiger partial charge in [0.15, 0.2) is 6.61 Å². The number of ether oxygens (including phenoxy) is 2. The van der Waals surface area contributed by atoms with E-state index >= 15 is 0 Å². The zero-order valence-electron chi connectivity index (χ0n) is 14.3. The van der Waals surface area contributed by atoms with Crippen molar-refractivity contribution in [1.29, 1.82) is 0 Å². The van der Waals surface area contributed by atoms with Crippen molar-refractivity contribution in [2.24, 2.45) is 5.92 Å². The lowest BCUT2D eigenvalue weighted by Crippen LogP contribution is -2.44. The fourth-order valence-electron chi connectivity index (χ4n) is 2.94. The summed E-state index contributed by atoms with van der Waals surface area (Å²) >= 11 is 0. The van der Waals surface area contributed by atoms with Gasteiger partial charge in [-0.1, -0.05) is 6.07 Å². The average molecular weight is 319 g/mol. The molecule has 1 fully saturated rings. The van der Waals surface area contributed by atoms with Crippen molar-refractivity contribution in [3.8, 4) is 5.75 Å².